The van der Waals surface area contributed by atoms with Crippen molar-refractivity contribution in [3.63, 3.8) is 0 Å². The van der Waals surface area contributed by atoms with Gasteiger partial charge in [0.2, 0.25) is 0 Å². The van der Waals surface area contributed by atoms with E-state index in [0.717, 1.165) is 21.4 Å². The molecule has 6 heteroatoms. The van der Waals surface area contributed by atoms with Gasteiger partial charge in [0.25, 0.3) is 5.91 Å². The largest absolute Gasteiger partial charge is 0.346 e. The first kappa shape index (κ1) is 13.0. The standard InChI is InChI=1S/C12H11BrN2O2S/c1-7-2-8(4-9(13)3-7)11(16)14-5-10-6-18-12(17)15-10/h2-4,6H,5H2,1H3,(H,14,16)(H,15,17). The third-order valence-corrected chi connectivity index (χ3v) is 3.49. The smallest absolute Gasteiger partial charge is 0.304 e. The van der Waals surface area contributed by atoms with E-state index in [0.29, 0.717) is 17.8 Å². The maximum absolute atomic E-state index is 11.9. The molecular formula is C12H11BrN2O2S. The van der Waals surface area contributed by atoms with Crippen molar-refractivity contribution in [1.82, 2.24) is 10.3 Å². The van der Waals surface area contributed by atoms with Gasteiger partial charge in [0, 0.05) is 21.1 Å². The number of carbonyl (C=O) groups is 1. The summed E-state index contributed by atoms with van der Waals surface area (Å²) in [5, 5.41) is 4.46. The van der Waals surface area contributed by atoms with Gasteiger partial charge in [-0.15, -0.1) is 0 Å². The van der Waals surface area contributed by atoms with Crippen LogP contribution in [0.15, 0.2) is 32.8 Å². The zero-order valence-electron chi connectivity index (χ0n) is 9.62. The fourth-order valence-corrected chi connectivity index (χ4v) is 2.73. The molecule has 0 aliphatic heterocycles. The molecule has 0 aliphatic rings. The summed E-state index contributed by atoms with van der Waals surface area (Å²) in [6.45, 7) is 2.25. The first-order chi connectivity index (χ1) is 8.54. The molecule has 0 saturated heterocycles. The van der Waals surface area contributed by atoms with Crippen molar-refractivity contribution in [3.05, 3.63) is 54.5 Å². The molecule has 0 unspecified atom stereocenters. The Kier molecular flexibility index (Phi) is 3.98. The van der Waals surface area contributed by atoms with Crippen molar-refractivity contribution < 1.29 is 4.79 Å². The highest BCUT2D eigenvalue weighted by Crippen LogP contribution is 2.15. The van der Waals surface area contributed by atoms with Crippen molar-refractivity contribution in [2.24, 2.45) is 0 Å². The van der Waals surface area contributed by atoms with Gasteiger partial charge >= 0.3 is 4.87 Å². The predicted octanol–water partition coefficient (Wildman–Crippen LogP) is 2.44. The average molecular weight is 327 g/mol. The number of nitrogens with one attached hydrogen (secondary N) is 2. The van der Waals surface area contributed by atoms with Gasteiger partial charge in [0.05, 0.1) is 6.54 Å². The van der Waals surface area contributed by atoms with E-state index in [1.807, 2.05) is 19.1 Å². The van der Waals surface area contributed by atoms with Gasteiger partial charge in [-0.1, -0.05) is 27.3 Å². The number of benzene rings is 1. The SMILES string of the molecule is Cc1cc(Br)cc(C(=O)NCc2csc(=O)[nH]2)c1. The first-order valence-electron chi connectivity index (χ1n) is 5.26. The number of aromatic nitrogens is 1. The highest BCUT2D eigenvalue weighted by Gasteiger charge is 2.07. The summed E-state index contributed by atoms with van der Waals surface area (Å²) in [4.78, 5) is 25.4. The fourth-order valence-electron chi connectivity index (χ4n) is 1.55. The van der Waals surface area contributed by atoms with Crippen molar-refractivity contribution in [2.75, 3.05) is 0 Å². The number of rotatable bonds is 3. The van der Waals surface area contributed by atoms with Gasteiger partial charge < -0.3 is 10.3 Å². The number of aromatic amines is 1. The molecule has 18 heavy (non-hydrogen) atoms. The number of thiazole rings is 1. The average Bonchev–Trinajstić information content (AvgIpc) is 2.70. The van der Waals surface area contributed by atoms with Gasteiger partial charge in [-0.05, 0) is 30.7 Å². The van der Waals surface area contributed by atoms with Crippen molar-refractivity contribution in [1.29, 1.82) is 0 Å². The molecule has 4 nitrogen and oxygen atoms in total. The van der Waals surface area contributed by atoms with Crippen molar-refractivity contribution >= 4 is 33.2 Å². The topological polar surface area (TPSA) is 62.0 Å². The van der Waals surface area contributed by atoms with E-state index >= 15 is 0 Å². The molecular weight excluding hydrogens is 316 g/mol. The van der Waals surface area contributed by atoms with Crippen LogP contribution in [-0.4, -0.2) is 10.9 Å². The Labute approximate surface area is 116 Å². The molecule has 1 amide bonds. The third-order valence-electron chi connectivity index (χ3n) is 2.31. The maximum Gasteiger partial charge on any atom is 0.304 e. The van der Waals surface area contributed by atoms with E-state index in [1.165, 1.54) is 0 Å². The lowest BCUT2D eigenvalue weighted by Gasteiger charge is -2.05. The highest BCUT2D eigenvalue weighted by molar-refractivity contribution is 9.10. The molecule has 0 spiro atoms. The van der Waals surface area contributed by atoms with Crippen molar-refractivity contribution in [3.8, 4) is 0 Å². The number of carbonyl (C=O) groups excluding carboxylic acids is 1. The number of halogens is 1. The maximum atomic E-state index is 11.9. The molecule has 0 aliphatic carbocycles. The van der Waals surface area contributed by atoms with Crippen LogP contribution in [0.2, 0.25) is 0 Å². The zero-order valence-corrected chi connectivity index (χ0v) is 12.0. The van der Waals surface area contributed by atoms with Crippen molar-refractivity contribution in [2.45, 2.75) is 13.5 Å². The van der Waals surface area contributed by atoms with Gasteiger partial charge in [-0.25, -0.2) is 0 Å². The molecule has 0 saturated carbocycles. The Morgan fingerprint density at radius 1 is 1.44 bits per heavy atom. The second kappa shape index (κ2) is 5.49. The van der Waals surface area contributed by atoms with E-state index in [9.17, 15) is 9.59 Å². The van der Waals surface area contributed by atoms with Crippen LogP contribution in [0.1, 0.15) is 21.6 Å². The predicted molar refractivity (Wildman–Crippen MR) is 75.0 cm³/mol. The summed E-state index contributed by atoms with van der Waals surface area (Å²) in [5.74, 6) is -0.161. The zero-order chi connectivity index (χ0) is 13.1. The molecule has 0 radical (unpaired) electrons. The molecule has 1 aromatic heterocycles. The lowest BCUT2D eigenvalue weighted by atomic mass is 10.1. The van der Waals surface area contributed by atoms with E-state index in [2.05, 4.69) is 26.2 Å². The molecule has 1 heterocycles. The Morgan fingerprint density at radius 3 is 2.83 bits per heavy atom. The normalized spacial score (nSPS) is 10.3. The van der Waals surface area contributed by atoms with Crippen LogP contribution in [-0.2, 0) is 6.54 Å². The molecule has 0 fully saturated rings. The summed E-state index contributed by atoms with van der Waals surface area (Å²) in [6.07, 6.45) is 0. The number of amides is 1. The van der Waals surface area contributed by atoms with Gasteiger partial charge in [-0.2, -0.15) is 0 Å². The minimum atomic E-state index is -0.161. The molecule has 2 aromatic rings. The monoisotopic (exact) mass is 326 g/mol. The van der Waals surface area contributed by atoms with Gasteiger partial charge in [0.1, 0.15) is 0 Å². The van der Waals surface area contributed by atoms with E-state index in [4.69, 9.17) is 0 Å². The number of aryl methyl sites for hydroxylation is 1. The molecule has 2 rings (SSSR count). The molecule has 1 aromatic carbocycles. The summed E-state index contributed by atoms with van der Waals surface area (Å²) in [5.41, 5.74) is 2.32. The second-order valence-corrected chi connectivity index (χ2v) is 5.63. The van der Waals surface area contributed by atoms with Crippen LogP contribution in [0.25, 0.3) is 0 Å². The molecule has 2 N–H and O–H groups in total. The molecule has 0 atom stereocenters. The van der Waals surface area contributed by atoms with E-state index in [-0.39, 0.29) is 10.8 Å². The number of H-pyrrole nitrogens is 1. The highest BCUT2D eigenvalue weighted by atomic mass is 79.9. The second-order valence-electron chi connectivity index (χ2n) is 3.87. The number of hydrogen-bond acceptors (Lipinski definition) is 3. The van der Waals surface area contributed by atoms with Crippen LogP contribution in [0.4, 0.5) is 0 Å². The lowest BCUT2D eigenvalue weighted by Crippen LogP contribution is -2.23. The Balaban J connectivity index is 2.05. The van der Waals surface area contributed by atoms with Crippen LogP contribution >= 0.6 is 27.3 Å². The number of hydrogen-bond donors (Lipinski definition) is 2. The summed E-state index contributed by atoms with van der Waals surface area (Å²) in [6, 6.07) is 5.52. The van der Waals surface area contributed by atoms with E-state index < -0.39 is 0 Å². The van der Waals surface area contributed by atoms with Crippen LogP contribution < -0.4 is 10.2 Å². The first-order valence-corrected chi connectivity index (χ1v) is 6.94. The minimum absolute atomic E-state index is 0.113. The van der Waals surface area contributed by atoms with Gasteiger partial charge in [-0.3, -0.25) is 9.59 Å². The fraction of sp³-hybridized carbons (Fsp3) is 0.167. The Morgan fingerprint density at radius 2 is 2.22 bits per heavy atom. The molecule has 0 bridgehead atoms. The van der Waals surface area contributed by atoms with Crippen LogP contribution in [0.5, 0.6) is 0 Å². The summed E-state index contributed by atoms with van der Waals surface area (Å²) < 4.78 is 0.872. The molecule has 94 valence electrons. The lowest BCUT2D eigenvalue weighted by molar-refractivity contribution is 0.0950. The summed E-state index contributed by atoms with van der Waals surface area (Å²) >= 11 is 4.44. The summed E-state index contributed by atoms with van der Waals surface area (Å²) in [7, 11) is 0. The quantitative estimate of drug-likeness (QED) is 0.910. The van der Waals surface area contributed by atoms with Gasteiger partial charge in [0.15, 0.2) is 0 Å². The minimum Gasteiger partial charge on any atom is -0.346 e. The van der Waals surface area contributed by atoms with Crippen LogP contribution in [0.3, 0.4) is 0 Å². The Hall–Kier alpha value is -1.40. The third kappa shape index (κ3) is 3.30. The van der Waals surface area contributed by atoms with Crippen LogP contribution in [0, 0.1) is 6.92 Å². The Bertz CT molecular complexity index is 613. The van der Waals surface area contributed by atoms with E-state index in [1.54, 1.807) is 11.4 Å².